The number of ether oxygens (including phenoxy) is 1. The van der Waals surface area contributed by atoms with Crippen molar-refractivity contribution in [3.8, 4) is 16.5 Å². The van der Waals surface area contributed by atoms with Gasteiger partial charge < -0.3 is 15.4 Å². The number of hydrogen-bond donors (Lipinski definition) is 3. The molecule has 3 N–H and O–H groups in total. The zero-order valence-corrected chi connectivity index (χ0v) is 16.2. The fourth-order valence-corrected chi connectivity index (χ4v) is 3.40. The Labute approximate surface area is 164 Å². The number of benzene rings is 1. The Morgan fingerprint density at radius 2 is 2.15 bits per heavy atom. The number of aromatic amines is 1. The molecule has 0 saturated carbocycles. The summed E-state index contributed by atoms with van der Waals surface area (Å²) in [6.45, 7) is 1.39. The maximum absolute atomic E-state index is 12.6. The van der Waals surface area contributed by atoms with Crippen LogP contribution in [-0.2, 0) is 16.1 Å². The molecule has 10 heteroatoms. The average molecular weight is 403 g/mol. The van der Waals surface area contributed by atoms with Crippen molar-refractivity contribution in [2.24, 2.45) is 0 Å². The van der Waals surface area contributed by atoms with Crippen LogP contribution in [0.5, 0.6) is 5.75 Å². The van der Waals surface area contributed by atoms with Crippen LogP contribution in [0.1, 0.15) is 6.92 Å². The number of nitrogens with zero attached hydrogens (tertiary/aromatic N) is 2. The predicted molar refractivity (Wildman–Crippen MR) is 107 cm³/mol. The van der Waals surface area contributed by atoms with Gasteiger partial charge in [-0.3, -0.25) is 19.3 Å². The highest BCUT2D eigenvalue weighted by molar-refractivity contribution is 7.71. The van der Waals surface area contributed by atoms with Crippen LogP contribution in [0.4, 0.5) is 11.4 Å². The van der Waals surface area contributed by atoms with Crippen LogP contribution in [-0.4, -0.2) is 33.7 Å². The van der Waals surface area contributed by atoms with Gasteiger partial charge in [0, 0.05) is 12.6 Å². The SMILES string of the molecule is COc1ccc(NC(C)=O)cc1NC(=O)Cn1c(-c2cccs2)n[nH]c1=S. The van der Waals surface area contributed by atoms with E-state index in [9.17, 15) is 9.59 Å². The third-order valence-electron chi connectivity index (χ3n) is 3.60. The third kappa shape index (κ3) is 4.41. The van der Waals surface area contributed by atoms with E-state index in [1.807, 2.05) is 17.5 Å². The lowest BCUT2D eigenvalue weighted by Crippen LogP contribution is -2.20. The Morgan fingerprint density at radius 3 is 2.81 bits per heavy atom. The number of amides is 2. The molecule has 8 nitrogen and oxygen atoms in total. The summed E-state index contributed by atoms with van der Waals surface area (Å²) in [5.74, 6) is 0.571. The quantitative estimate of drug-likeness (QED) is 0.549. The molecule has 0 aliphatic rings. The molecule has 0 fully saturated rings. The molecule has 2 aromatic heterocycles. The summed E-state index contributed by atoms with van der Waals surface area (Å²) in [6.07, 6.45) is 0. The largest absolute Gasteiger partial charge is 0.495 e. The van der Waals surface area contributed by atoms with Crippen molar-refractivity contribution in [2.75, 3.05) is 17.7 Å². The van der Waals surface area contributed by atoms with Crippen molar-refractivity contribution < 1.29 is 14.3 Å². The summed E-state index contributed by atoms with van der Waals surface area (Å²) in [6, 6.07) is 8.80. The molecule has 0 aliphatic carbocycles. The van der Waals surface area contributed by atoms with E-state index in [1.54, 1.807) is 22.8 Å². The van der Waals surface area contributed by atoms with Gasteiger partial charge in [-0.2, -0.15) is 5.10 Å². The van der Waals surface area contributed by atoms with Gasteiger partial charge in [0.1, 0.15) is 12.3 Å². The Balaban J connectivity index is 1.82. The van der Waals surface area contributed by atoms with E-state index in [0.717, 1.165) is 4.88 Å². The van der Waals surface area contributed by atoms with Gasteiger partial charge in [0.25, 0.3) is 0 Å². The maximum atomic E-state index is 12.6. The monoisotopic (exact) mass is 403 g/mol. The predicted octanol–water partition coefficient (Wildman–Crippen LogP) is 3.27. The fourth-order valence-electron chi connectivity index (χ4n) is 2.48. The molecule has 1 aromatic carbocycles. The first kappa shape index (κ1) is 18.8. The number of rotatable bonds is 6. The maximum Gasteiger partial charge on any atom is 0.244 e. The van der Waals surface area contributed by atoms with Gasteiger partial charge in [-0.05, 0) is 41.9 Å². The second-order valence-corrected chi connectivity index (χ2v) is 6.89. The van der Waals surface area contributed by atoms with E-state index in [-0.39, 0.29) is 18.4 Å². The van der Waals surface area contributed by atoms with Gasteiger partial charge in [-0.1, -0.05) is 6.07 Å². The molecule has 3 aromatic rings. The van der Waals surface area contributed by atoms with E-state index in [0.29, 0.717) is 27.7 Å². The van der Waals surface area contributed by atoms with Crippen molar-refractivity contribution >= 4 is 46.7 Å². The summed E-state index contributed by atoms with van der Waals surface area (Å²) in [5.41, 5.74) is 0.999. The summed E-state index contributed by atoms with van der Waals surface area (Å²) >= 11 is 6.75. The van der Waals surface area contributed by atoms with Crippen LogP contribution in [0.25, 0.3) is 10.7 Å². The Hall–Kier alpha value is -2.98. The minimum atomic E-state index is -0.302. The number of carbonyl (C=O) groups is 2. The zero-order chi connectivity index (χ0) is 19.4. The molecule has 0 bridgehead atoms. The minimum Gasteiger partial charge on any atom is -0.495 e. The van der Waals surface area contributed by atoms with Crippen molar-refractivity contribution in [1.82, 2.24) is 14.8 Å². The van der Waals surface area contributed by atoms with Gasteiger partial charge in [0.05, 0.1) is 17.7 Å². The van der Waals surface area contributed by atoms with Crippen LogP contribution in [0.3, 0.4) is 0 Å². The first-order valence-electron chi connectivity index (χ1n) is 7.92. The van der Waals surface area contributed by atoms with Gasteiger partial charge in [-0.25, -0.2) is 0 Å². The van der Waals surface area contributed by atoms with Crippen molar-refractivity contribution in [3.63, 3.8) is 0 Å². The van der Waals surface area contributed by atoms with Gasteiger partial charge in [-0.15, -0.1) is 11.3 Å². The molecule has 0 unspecified atom stereocenters. The number of aromatic nitrogens is 3. The summed E-state index contributed by atoms with van der Waals surface area (Å²) < 4.78 is 7.26. The van der Waals surface area contributed by atoms with Crippen molar-refractivity contribution in [3.05, 3.63) is 40.5 Å². The van der Waals surface area contributed by atoms with Crippen molar-refractivity contribution in [1.29, 1.82) is 0 Å². The molecule has 0 radical (unpaired) electrons. The first-order chi connectivity index (χ1) is 13.0. The fraction of sp³-hybridized carbons (Fsp3) is 0.176. The molecule has 2 amide bonds. The summed E-state index contributed by atoms with van der Waals surface area (Å²) in [5, 5.41) is 14.3. The minimum absolute atomic E-state index is 0.0178. The third-order valence-corrected chi connectivity index (χ3v) is 4.77. The molecular weight excluding hydrogens is 386 g/mol. The number of carbonyl (C=O) groups excluding carboxylic acids is 2. The lowest BCUT2D eigenvalue weighted by molar-refractivity contribution is -0.117. The molecule has 0 aliphatic heterocycles. The van der Waals surface area contributed by atoms with Crippen LogP contribution in [0.2, 0.25) is 0 Å². The normalized spacial score (nSPS) is 10.4. The van der Waals surface area contributed by atoms with Gasteiger partial charge >= 0.3 is 0 Å². The van der Waals surface area contributed by atoms with E-state index in [1.165, 1.54) is 25.4 Å². The van der Waals surface area contributed by atoms with Gasteiger partial charge in [0.15, 0.2) is 10.6 Å². The lowest BCUT2D eigenvalue weighted by Gasteiger charge is -2.13. The molecule has 140 valence electrons. The lowest BCUT2D eigenvalue weighted by atomic mass is 10.2. The Morgan fingerprint density at radius 1 is 1.33 bits per heavy atom. The topological polar surface area (TPSA) is 101 Å². The van der Waals surface area contributed by atoms with Crippen molar-refractivity contribution in [2.45, 2.75) is 13.5 Å². The molecule has 2 heterocycles. The molecule has 3 rings (SSSR count). The highest BCUT2D eigenvalue weighted by atomic mass is 32.1. The summed E-state index contributed by atoms with van der Waals surface area (Å²) in [4.78, 5) is 24.7. The molecular formula is C17H17N5O3S2. The Kier molecular flexibility index (Phi) is 5.67. The van der Waals surface area contributed by atoms with E-state index < -0.39 is 0 Å². The highest BCUT2D eigenvalue weighted by Crippen LogP contribution is 2.28. The number of H-pyrrole nitrogens is 1. The molecule has 0 atom stereocenters. The second-order valence-electron chi connectivity index (χ2n) is 5.56. The van der Waals surface area contributed by atoms with Crippen LogP contribution < -0.4 is 15.4 Å². The van der Waals surface area contributed by atoms with Crippen LogP contribution in [0, 0.1) is 4.77 Å². The number of thiophene rings is 1. The molecule has 0 spiro atoms. The van der Waals surface area contributed by atoms with E-state index in [4.69, 9.17) is 17.0 Å². The number of anilines is 2. The highest BCUT2D eigenvalue weighted by Gasteiger charge is 2.15. The number of nitrogens with one attached hydrogen (secondary N) is 3. The smallest absolute Gasteiger partial charge is 0.244 e. The van der Waals surface area contributed by atoms with E-state index >= 15 is 0 Å². The van der Waals surface area contributed by atoms with Crippen LogP contribution >= 0.6 is 23.6 Å². The Bertz CT molecular complexity index is 1020. The standard InChI is InChI=1S/C17H17N5O3S2/c1-10(23)18-11-5-6-13(25-2)12(8-11)19-15(24)9-22-16(20-21-17(22)26)14-4-3-7-27-14/h3-8H,9H2,1-2H3,(H,18,23)(H,19,24)(H,21,26). The zero-order valence-electron chi connectivity index (χ0n) is 14.6. The average Bonchev–Trinajstić information content (AvgIpc) is 3.25. The van der Waals surface area contributed by atoms with Gasteiger partial charge in [0.2, 0.25) is 11.8 Å². The second kappa shape index (κ2) is 8.14. The molecule has 27 heavy (non-hydrogen) atoms. The number of hydrogen-bond acceptors (Lipinski definition) is 6. The summed E-state index contributed by atoms with van der Waals surface area (Å²) in [7, 11) is 1.50. The first-order valence-corrected chi connectivity index (χ1v) is 9.21. The number of methoxy groups -OCH3 is 1. The molecule has 0 saturated heterocycles. The van der Waals surface area contributed by atoms with E-state index in [2.05, 4.69) is 20.8 Å². The van der Waals surface area contributed by atoms with Crippen LogP contribution in [0.15, 0.2) is 35.7 Å².